The maximum Gasteiger partial charge on any atom is 0.417 e. The third kappa shape index (κ3) is 6.16. The quantitative estimate of drug-likeness (QED) is 0.232. The van der Waals surface area contributed by atoms with Crippen molar-refractivity contribution in [3.8, 4) is 12.1 Å². The molecular formula is C29H20F6N6S2. The number of hydrogen-bond acceptors (Lipinski definition) is 4. The first-order valence-electron chi connectivity index (χ1n) is 12.3. The summed E-state index contributed by atoms with van der Waals surface area (Å²) in [6, 6.07) is 16.2. The molecule has 1 N–H and O–H groups in total. The minimum absolute atomic E-state index is 0.0472. The Hall–Kier alpha value is -4.53. The van der Waals surface area contributed by atoms with E-state index >= 15 is 0 Å². The molecule has 0 radical (unpaired) electrons. The number of nitriles is 2. The van der Waals surface area contributed by atoms with Crippen LogP contribution >= 0.6 is 24.4 Å². The predicted molar refractivity (Wildman–Crippen MR) is 159 cm³/mol. The maximum atomic E-state index is 13.9. The first-order valence-corrected chi connectivity index (χ1v) is 13.1. The Morgan fingerprint density at radius 1 is 0.837 bits per heavy atom. The average molecular weight is 631 g/mol. The molecule has 0 saturated carbocycles. The van der Waals surface area contributed by atoms with Crippen LogP contribution in [0.4, 0.5) is 43.4 Å². The summed E-state index contributed by atoms with van der Waals surface area (Å²) in [5, 5.41) is 20.7. The van der Waals surface area contributed by atoms with E-state index in [4.69, 9.17) is 29.7 Å². The molecule has 14 heteroatoms. The molecule has 3 aromatic rings. The number of rotatable bonds is 3. The van der Waals surface area contributed by atoms with Crippen molar-refractivity contribution in [2.75, 3.05) is 15.1 Å². The zero-order valence-electron chi connectivity index (χ0n) is 22.6. The molecule has 0 spiro atoms. The molecule has 1 fully saturated rings. The van der Waals surface area contributed by atoms with E-state index in [1.807, 2.05) is 19.1 Å². The van der Waals surface area contributed by atoms with Gasteiger partial charge in [-0.2, -0.15) is 36.9 Å². The van der Waals surface area contributed by atoms with E-state index in [0.717, 1.165) is 23.8 Å². The molecule has 0 bridgehead atoms. The molecule has 1 heterocycles. The maximum absolute atomic E-state index is 13.9. The van der Waals surface area contributed by atoms with Gasteiger partial charge in [0, 0.05) is 11.4 Å². The molecule has 4 rings (SSSR count). The molecule has 1 aliphatic rings. The number of alkyl halides is 6. The number of aliphatic imine (C=N–C) groups is 1. The lowest BCUT2D eigenvalue weighted by molar-refractivity contribution is -0.138. The van der Waals surface area contributed by atoms with Crippen LogP contribution in [0.25, 0.3) is 0 Å². The first-order chi connectivity index (χ1) is 20.0. The highest BCUT2D eigenvalue weighted by molar-refractivity contribution is 7.81. The fraction of sp³-hybridized carbons (Fsp3) is 0.207. The second-order valence-corrected chi connectivity index (χ2v) is 10.7. The van der Waals surface area contributed by atoms with Crippen molar-refractivity contribution in [1.82, 2.24) is 0 Å². The fourth-order valence-corrected chi connectivity index (χ4v) is 5.28. The molecule has 6 nitrogen and oxygen atoms in total. The van der Waals surface area contributed by atoms with Gasteiger partial charge in [-0.1, -0.05) is 17.7 Å². The summed E-state index contributed by atoms with van der Waals surface area (Å²) < 4.78 is 82.1. The van der Waals surface area contributed by atoms with Crippen molar-refractivity contribution in [2.45, 2.75) is 38.7 Å². The number of nitrogens with one attached hydrogen (secondary N) is 1. The highest BCUT2D eigenvalue weighted by Gasteiger charge is 2.49. The van der Waals surface area contributed by atoms with Gasteiger partial charge >= 0.3 is 12.4 Å². The standard InChI is InChI=1S/C29H20F6N6S2/c1-16-4-9-20(10-5-16)41-26(43)40(21-11-7-18(15-37)23(13-21)29(33,34)35)24(27(41,2)3)39-25(42)38-19-8-6-17(14-36)22(12-19)28(30,31)32/h4-13H,1-3H3,(H,38,42)/b39-24-. The van der Waals surface area contributed by atoms with Crippen molar-refractivity contribution < 1.29 is 26.3 Å². The van der Waals surface area contributed by atoms with Crippen LogP contribution in [-0.2, 0) is 12.4 Å². The minimum atomic E-state index is -4.85. The van der Waals surface area contributed by atoms with E-state index < -0.39 is 40.1 Å². The second-order valence-electron chi connectivity index (χ2n) is 9.92. The molecule has 3 aromatic carbocycles. The first kappa shape index (κ1) is 31.4. The largest absolute Gasteiger partial charge is 0.417 e. The molecule has 1 saturated heterocycles. The van der Waals surface area contributed by atoms with E-state index in [9.17, 15) is 31.6 Å². The lowest BCUT2D eigenvalue weighted by Gasteiger charge is -2.31. The van der Waals surface area contributed by atoms with E-state index in [-0.39, 0.29) is 27.4 Å². The molecule has 0 aromatic heterocycles. The summed E-state index contributed by atoms with van der Waals surface area (Å²) in [6.07, 6.45) is -9.67. The van der Waals surface area contributed by atoms with Crippen LogP contribution < -0.4 is 15.1 Å². The number of amidine groups is 1. The number of anilines is 3. The molecule has 0 unspecified atom stereocenters. The molecule has 0 amide bonds. The summed E-state index contributed by atoms with van der Waals surface area (Å²) >= 11 is 11.1. The van der Waals surface area contributed by atoms with Crippen molar-refractivity contribution in [2.24, 2.45) is 4.99 Å². The Bertz CT molecular complexity index is 1730. The Morgan fingerprint density at radius 2 is 1.35 bits per heavy atom. The van der Waals surface area contributed by atoms with Crippen LogP contribution in [0.3, 0.4) is 0 Å². The zero-order chi connectivity index (χ0) is 31.9. The number of aryl methyl sites for hydroxylation is 1. The smallest absolute Gasteiger partial charge is 0.331 e. The van der Waals surface area contributed by atoms with Crippen LogP contribution in [0.1, 0.15) is 41.7 Å². The van der Waals surface area contributed by atoms with Crippen LogP contribution in [0.2, 0.25) is 0 Å². The van der Waals surface area contributed by atoms with Crippen LogP contribution in [-0.4, -0.2) is 21.6 Å². The Balaban J connectivity index is 1.85. The Kier molecular flexibility index (Phi) is 8.24. The van der Waals surface area contributed by atoms with Crippen molar-refractivity contribution in [1.29, 1.82) is 10.5 Å². The minimum Gasteiger partial charge on any atom is -0.331 e. The number of thiocarbonyl (C=S) groups is 2. The fourth-order valence-electron chi connectivity index (χ4n) is 4.55. The van der Waals surface area contributed by atoms with Gasteiger partial charge in [-0.3, -0.25) is 4.90 Å². The van der Waals surface area contributed by atoms with E-state index in [1.165, 1.54) is 29.2 Å². The van der Waals surface area contributed by atoms with Gasteiger partial charge in [0.2, 0.25) is 0 Å². The van der Waals surface area contributed by atoms with E-state index in [1.54, 1.807) is 30.9 Å². The number of halogens is 6. The van der Waals surface area contributed by atoms with Gasteiger partial charge < -0.3 is 10.2 Å². The summed E-state index contributed by atoms with van der Waals surface area (Å²) in [4.78, 5) is 7.38. The molecule has 0 atom stereocenters. The Morgan fingerprint density at radius 3 is 1.88 bits per heavy atom. The summed E-state index contributed by atoms with van der Waals surface area (Å²) in [6.45, 7) is 5.29. The highest BCUT2D eigenvalue weighted by Crippen LogP contribution is 2.40. The lowest BCUT2D eigenvalue weighted by atomic mass is 10.0. The molecular weight excluding hydrogens is 610 g/mol. The normalized spacial score (nSPS) is 15.8. The summed E-state index contributed by atoms with van der Waals surface area (Å²) in [7, 11) is 0. The third-order valence-electron chi connectivity index (χ3n) is 6.58. The van der Waals surface area contributed by atoms with Crippen molar-refractivity contribution >= 4 is 57.6 Å². The van der Waals surface area contributed by atoms with Crippen molar-refractivity contribution in [3.05, 3.63) is 88.5 Å². The van der Waals surface area contributed by atoms with Crippen LogP contribution in [0, 0.1) is 29.6 Å². The van der Waals surface area contributed by atoms with Gasteiger partial charge in [0.25, 0.3) is 0 Å². The van der Waals surface area contributed by atoms with Gasteiger partial charge in [-0.15, -0.1) is 0 Å². The summed E-state index contributed by atoms with van der Waals surface area (Å²) in [5.41, 5.74) is -3.29. The van der Waals surface area contributed by atoms with Gasteiger partial charge in [0.05, 0.1) is 40.1 Å². The van der Waals surface area contributed by atoms with Gasteiger partial charge in [0.1, 0.15) is 11.4 Å². The highest BCUT2D eigenvalue weighted by atomic mass is 32.1. The number of nitrogens with zero attached hydrogens (tertiary/aromatic N) is 5. The van der Waals surface area contributed by atoms with E-state index in [0.29, 0.717) is 11.8 Å². The van der Waals surface area contributed by atoms with Crippen LogP contribution in [0.5, 0.6) is 0 Å². The number of hydrogen-bond donors (Lipinski definition) is 1. The van der Waals surface area contributed by atoms with Gasteiger partial charge in [-0.05, 0) is 93.7 Å². The number of benzene rings is 3. The molecule has 1 aliphatic heterocycles. The second kappa shape index (κ2) is 11.3. The zero-order valence-corrected chi connectivity index (χ0v) is 24.2. The topological polar surface area (TPSA) is 78.4 Å². The van der Waals surface area contributed by atoms with Gasteiger partial charge in [0.15, 0.2) is 10.2 Å². The molecule has 220 valence electrons. The monoisotopic (exact) mass is 630 g/mol. The predicted octanol–water partition coefficient (Wildman–Crippen LogP) is 7.96. The molecule has 0 aliphatic carbocycles. The molecule has 43 heavy (non-hydrogen) atoms. The van der Waals surface area contributed by atoms with E-state index in [2.05, 4.69) is 10.3 Å². The Labute approximate surface area is 253 Å². The third-order valence-corrected chi connectivity index (χ3v) is 7.14. The van der Waals surface area contributed by atoms with Gasteiger partial charge in [-0.25, -0.2) is 4.99 Å². The SMILES string of the molecule is Cc1ccc(N2C(=S)N(c3ccc(C#N)c(C(F)(F)F)c3)/C(=N\C(=S)Nc3ccc(C#N)c(C(F)(F)F)c3)C2(C)C)cc1. The lowest BCUT2D eigenvalue weighted by Crippen LogP contribution is -2.45. The van der Waals surface area contributed by atoms with Crippen LogP contribution in [0.15, 0.2) is 65.7 Å². The van der Waals surface area contributed by atoms with Crippen molar-refractivity contribution in [3.63, 3.8) is 0 Å². The summed E-state index contributed by atoms with van der Waals surface area (Å²) in [5.74, 6) is 0.0677. The average Bonchev–Trinajstić information content (AvgIpc) is 3.11.